The van der Waals surface area contributed by atoms with E-state index in [-0.39, 0.29) is 33.3 Å². The molecular weight excluding hydrogens is 372 g/mol. The molecule has 1 aromatic carbocycles. The zero-order valence-corrected chi connectivity index (χ0v) is 15.7. The average Bonchev–Trinajstić information content (AvgIpc) is 2.95. The van der Waals surface area contributed by atoms with E-state index in [2.05, 4.69) is 15.5 Å². The van der Waals surface area contributed by atoms with Gasteiger partial charge in [0.2, 0.25) is 5.91 Å². The first-order chi connectivity index (χ1) is 11.2. The molecule has 0 fully saturated rings. The lowest BCUT2D eigenvalue weighted by Crippen LogP contribution is -2.15. The van der Waals surface area contributed by atoms with Gasteiger partial charge in [0.05, 0.1) is 21.4 Å². The molecule has 0 aliphatic rings. The lowest BCUT2D eigenvalue weighted by Gasteiger charge is -2.10. The number of amides is 1. The Morgan fingerprint density at radius 3 is 2.75 bits per heavy atom. The van der Waals surface area contributed by atoms with Gasteiger partial charge in [0.25, 0.3) is 0 Å². The Bertz CT molecular complexity index is 849. The SMILES string of the molecule is CC(C)n1cnnc1SCC(=O)Nc1cc(S(C)(=O)=O)ccc1Cl. The van der Waals surface area contributed by atoms with Crippen molar-refractivity contribution in [1.82, 2.24) is 14.8 Å². The highest BCUT2D eigenvalue weighted by Gasteiger charge is 2.14. The number of aromatic nitrogens is 3. The van der Waals surface area contributed by atoms with Crippen molar-refractivity contribution >= 4 is 44.8 Å². The predicted molar refractivity (Wildman–Crippen MR) is 94.3 cm³/mol. The largest absolute Gasteiger partial charge is 0.324 e. The molecule has 10 heteroatoms. The van der Waals surface area contributed by atoms with Crippen LogP contribution in [0.4, 0.5) is 5.69 Å². The first-order valence-electron chi connectivity index (χ1n) is 7.00. The third-order valence-electron chi connectivity index (χ3n) is 3.07. The minimum absolute atomic E-state index is 0.0920. The lowest BCUT2D eigenvalue weighted by molar-refractivity contribution is -0.113. The molecule has 1 N–H and O–H groups in total. The van der Waals surface area contributed by atoms with Crippen LogP contribution in [0, 0.1) is 0 Å². The molecule has 0 spiro atoms. The quantitative estimate of drug-likeness (QED) is 0.764. The van der Waals surface area contributed by atoms with E-state index in [0.717, 1.165) is 6.26 Å². The van der Waals surface area contributed by atoms with Crippen LogP contribution >= 0.6 is 23.4 Å². The van der Waals surface area contributed by atoms with E-state index in [1.165, 1.54) is 30.0 Å². The predicted octanol–water partition coefficient (Wildman–Crippen LogP) is 2.65. The van der Waals surface area contributed by atoms with Gasteiger partial charge in [0, 0.05) is 12.3 Å². The fourth-order valence-electron chi connectivity index (χ4n) is 1.84. The van der Waals surface area contributed by atoms with E-state index in [1.807, 2.05) is 18.4 Å². The third kappa shape index (κ3) is 4.71. The molecule has 1 amide bonds. The molecule has 7 nitrogen and oxygen atoms in total. The number of carbonyl (C=O) groups excluding carboxylic acids is 1. The Morgan fingerprint density at radius 2 is 2.12 bits per heavy atom. The first kappa shape index (κ1) is 18.8. The van der Waals surface area contributed by atoms with Crippen LogP contribution in [0.1, 0.15) is 19.9 Å². The van der Waals surface area contributed by atoms with E-state index in [1.54, 1.807) is 6.33 Å². The minimum atomic E-state index is -3.38. The molecule has 1 heterocycles. The Hall–Kier alpha value is -1.58. The van der Waals surface area contributed by atoms with Crippen LogP contribution in [-0.4, -0.2) is 41.1 Å². The number of nitrogens with one attached hydrogen (secondary N) is 1. The number of nitrogens with zero attached hydrogens (tertiary/aromatic N) is 3. The van der Waals surface area contributed by atoms with Crippen LogP contribution in [0.25, 0.3) is 0 Å². The van der Waals surface area contributed by atoms with E-state index in [9.17, 15) is 13.2 Å². The number of rotatable bonds is 6. The highest BCUT2D eigenvalue weighted by Crippen LogP contribution is 2.26. The first-order valence-corrected chi connectivity index (χ1v) is 10.3. The monoisotopic (exact) mass is 388 g/mol. The number of halogens is 1. The molecule has 0 bridgehead atoms. The maximum Gasteiger partial charge on any atom is 0.234 e. The molecule has 2 aromatic rings. The summed E-state index contributed by atoms with van der Waals surface area (Å²) in [6.07, 6.45) is 2.70. The second kappa shape index (κ2) is 7.54. The number of hydrogen-bond donors (Lipinski definition) is 1. The van der Waals surface area contributed by atoms with E-state index < -0.39 is 9.84 Å². The summed E-state index contributed by atoms with van der Waals surface area (Å²) < 4.78 is 25.0. The summed E-state index contributed by atoms with van der Waals surface area (Å²) in [7, 11) is -3.38. The van der Waals surface area contributed by atoms with Gasteiger partial charge >= 0.3 is 0 Å². The van der Waals surface area contributed by atoms with Crippen LogP contribution in [-0.2, 0) is 14.6 Å². The van der Waals surface area contributed by atoms with Crippen LogP contribution < -0.4 is 5.32 Å². The molecule has 0 saturated carbocycles. The summed E-state index contributed by atoms with van der Waals surface area (Å²) in [6.45, 7) is 3.98. The number of benzene rings is 1. The topological polar surface area (TPSA) is 93.9 Å². The maximum atomic E-state index is 12.1. The number of carbonyl (C=O) groups is 1. The van der Waals surface area contributed by atoms with Crippen LogP contribution in [0.2, 0.25) is 5.02 Å². The smallest absolute Gasteiger partial charge is 0.234 e. The molecule has 0 atom stereocenters. The molecule has 1 aromatic heterocycles. The minimum Gasteiger partial charge on any atom is -0.324 e. The second-order valence-corrected chi connectivity index (χ2v) is 8.73. The lowest BCUT2D eigenvalue weighted by atomic mass is 10.3. The van der Waals surface area contributed by atoms with Gasteiger partial charge in [-0.15, -0.1) is 10.2 Å². The summed E-state index contributed by atoms with van der Waals surface area (Å²) in [6, 6.07) is 4.37. The summed E-state index contributed by atoms with van der Waals surface area (Å²) in [4.78, 5) is 12.2. The van der Waals surface area contributed by atoms with Gasteiger partial charge in [0.15, 0.2) is 15.0 Å². The highest BCUT2D eigenvalue weighted by molar-refractivity contribution is 7.99. The van der Waals surface area contributed by atoms with Crippen molar-refractivity contribution in [2.45, 2.75) is 29.9 Å². The van der Waals surface area contributed by atoms with Gasteiger partial charge in [-0.2, -0.15) is 0 Å². The van der Waals surface area contributed by atoms with Crippen LogP contribution in [0.15, 0.2) is 34.6 Å². The summed E-state index contributed by atoms with van der Waals surface area (Å²) in [5, 5.41) is 11.3. The van der Waals surface area contributed by atoms with Crippen molar-refractivity contribution in [2.24, 2.45) is 0 Å². The second-order valence-electron chi connectivity index (χ2n) is 5.37. The molecule has 0 aliphatic heterocycles. The third-order valence-corrected chi connectivity index (χ3v) is 5.47. The average molecular weight is 389 g/mol. The molecule has 24 heavy (non-hydrogen) atoms. The number of hydrogen-bond acceptors (Lipinski definition) is 6. The zero-order chi connectivity index (χ0) is 17.9. The maximum absolute atomic E-state index is 12.1. The summed E-state index contributed by atoms with van der Waals surface area (Å²) in [5.74, 6) is -0.212. The normalized spacial score (nSPS) is 11.7. The van der Waals surface area contributed by atoms with Crippen molar-refractivity contribution in [2.75, 3.05) is 17.3 Å². The Kier molecular flexibility index (Phi) is 5.89. The van der Waals surface area contributed by atoms with Gasteiger partial charge in [0.1, 0.15) is 6.33 Å². The van der Waals surface area contributed by atoms with Crippen molar-refractivity contribution < 1.29 is 13.2 Å². The Morgan fingerprint density at radius 1 is 1.42 bits per heavy atom. The van der Waals surface area contributed by atoms with Crippen molar-refractivity contribution in [3.8, 4) is 0 Å². The molecule has 0 aliphatic carbocycles. The van der Waals surface area contributed by atoms with Gasteiger partial charge in [-0.1, -0.05) is 23.4 Å². The molecular formula is C14H17ClN4O3S2. The molecule has 0 unspecified atom stereocenters. The van der Waals surface area contributed by atoms with Gasteiger partial charge < -0.3 is 9.88 Å². The van der Waals surface area contributed by atoms with Crippen molar-refractivity contribution in [3.63, 3.8) is 0 Å². The number of anilines is 1. The fourth-order valence-corrected chi connectivity index (χ4v) is 3.49. The Balaban J connectivity index is 2.06. The fraction of sp³-hybridized carbons (Fsp3) is 0.357. The van der Waals surface area contributed by atoms with E-state index in [4.69, 9.17) is 11.6 Å². The van der Waals surface area contributed by atoms with Crippen molar-refractivity contribution in [3.05, 3.63) is 29.5 Å². The standard InChI is InChI=1S/C14H17ClN4O3S2/c1-9(2)19-8-16-18-14(19)23-7-13(20)17-12-6-10(24(3,21)22)4-5-11(12)15/h4-6,8-9H,7H2,1-3H3,(H,17,20). The number of thioether (sulfide) groups is 1. The van der Waals surface area contributed by atoms with E-state index >= 15 is 0 Å². The van der Waals surface area contributed by atoms with Gasteiger partial charge in [-0.05, 0) is 32.0 Å². The summed E-state index contributed by atoms with van der Waals surface area (Å²) >= 11 is 7.26. The van der Waals surface area contributed by atoms with Crippen molar-refractivity contribution in [1.29, 1.82) is 0 Å². The van der Waals surface area contributed by atoms with Gasteiger partial charge in [-0.25, -0.2) is 8.42 Å². The van der Waals surface area contributed by atoms with Gasteiger partial charge in [-0.3, -0.25) is 4.79 Å². The van der Waals surface area contributed by atoms with Crippen LogP contribution in [0.3, 0.4) is 0 Å². The van der Waals surface area contributed by atoms with E-state index in [0.29, 0.717) is 5.16 Å². The highest BCUT2D eigenvalue weighted by atomic mass is 35.5. The van der Waals surface area contributed by atoms with Crippen LogP contribution in [0.5, 0.6) is 0 Å². The Labute approximate surface area is 149 Å². The molecule has 0 saturated heterocycles. The molecule has 0 radical (unpaired) electrons. The zero-order valence-electron chi connectivity index (χ0n) is 13.4. The number of sulfone groups is 1. The molecule has 2 rings (SSSR count). The summed E-state index contributed by atoms with van der Waals surface area (Å²) in [5.41, 5.74) is 0.260. The molecule has 130 valence electrons.